The maximum Gasteiger partial charge on any atom is 0.321 e. The van der Waals surface area contributed by atoms with Crippen LogP contribution >= 0.6 is 11.8 Å². The number of hydrogen-bond donors (Lipinski definition) is 3. The van der Waals surface area contributed by atoms with Gasteiger partial charge in [0.15, 0.2) is 0 Å². The van der Waals surface area contributed by atoms with Gasteiger partial charge in [-0.2, -0.15) is 0 Å². The Hall–Kier alpha value is -0.750. The SMILES string of the molecule is CCCCCNC(=O)C(C)SC(C)(C)[C@H](N)C(=O)O. The highest BCUT2D eigenvalue weighted by atomic mass is 32.2. The van der Waals surface area contributed by atoms with Crippen LogP contribution in [0.4, 0.5) is 0 Å². The van der Waals surface area contributed by atoms with E-state index in [9.17, 15) is 9.59 Å². The summed E-state index contributed by atoms with van der Waals surface area (Å²) in [7, 11) is 0. The molecule has 0 rings (SSSR count). The summed E-state index contributed by atoms with van der Waals surface area (Å²) in [6.45, 7) is 8.05. The number of nitrogens with one attached hydrogen (secondary N) is 1. The molecule has 6 heteroatoms. The van der Waals surface area contributed by atoms with Crippen LogP contribution in [-0.4, -0.2) is 39.6 Å². The molecule has 0 saturated heterocycles. The van der Waals surface area contributed by atoms with Gasteiger partial charge in [0.1, 0.15) is 6.04 Å². The van der Waals surface area contributed by atoms with Gasteiger partial charge in [0.2, 0.25) is 5.91 Å². The van der Waals surface area contributed by atoms with E-state index >= 15 is 0 Å². The molecule has 0 spiro atoms. The van der Waals surface area contributed by atoms with Gasteiger partial charge in [-0.25, -0.2) is 0 Å². The van der Waals surface area contributed by atoms with Crippen molar-refractivity contribution in [2.75, 3.05) is 6.54 Å². The van der Waals surface area contributed by atoms with Crippen molar-refractivity contribution in [3.05, 3.63) is 0 Å². The molecule has 5 nitrogen and oxygen atoms in total. The van der Waals surface area contributed by atoms with Gasteiger partial charge in [0, 0.05) is 11.3 Å². The summed E-state index contributed by atoms with van der Waals surface area (Å²) in [6.07, 6.45) is 3.18. The molecule has 0 aromatic heterocycles. The first-order valence-corrected chi connectivity index (χ1v) is 7.54. The van der Waals surface area contributed by atoms with E-state index in [1.165, 1.54) is 11.8 Å². The average Bonchev–Trinajstić information content (AvgIpc) is 2.32. The monoisotopic (exact) mass is 290 g/mol. The van der Waals surface area contributed by atoms with Gasteiger partial charge in [-0.15, -0.1) is 11.8 Å². The highest BCUT2D eigenvalue weighted by molar-refractivity contribution is 8.02. The fourth-order valence-corrected chi connectivity index (χ4v) is 2.96. The first-order chi connectivity index (χ1) is 8.72. The standard InChI is InChI=1S/C13H26N2O3S/c1-5-6-7-8-15-11(16)9(2)19-13(3,4)10(14)12(17)18/h9-10H,5-8,14H2,1-4H3,(H,15,16)(H,17,18)/t9?,10-/m1/s1. The lowest BCUT2D eigenvalue weighted by Crippen LogP contribution is -2.48. The predicted octanol–water partition coefficient (Wildman–Crippen LogP) is 1.60. The lowest BCUT2D eigenvalue weighted by molar-refractivity contribution is -0.139. The Morgan fingerprint density at radius 3 is 2.42 bits per heavy atom. The zero-order valence-corrected chi connectivity index (χ0v) is 13.0. The molecule has 0 heterocycles. The van der Waals surface area contributed by atoms with E-state index in [4.69, 9.17) is 10.8 Å². The minimum atomic E-state index is -1.05. The van der Waals surface area contributed by atoms with E-state index in [1.807, 2.05) is 0 Å². The number of unbranched alkanes of at least 4 members (excludes halogenated alkanes) is 2. The Kier molecular flexibility index (Phi) is 8.09. The van der Waals surface area contributed by atoms with E-state index < -0.39 is 16.8 Å². The molecular formula is C13H26N2O3S. The summed E-state index contributed by atoms with van der Waals surface area (Å²) in [5, 5.41) is 11.5. The van der Waals surface area contributed by atoms with Gasteiger partial charge in [-0.05, 0) is 27.2 Å². The first-order valence-electron chi connectivity index (χ1n) is 6.66. The van der Waals surface area contributed by atoms with Crippen molar-refractivity contribution in [3.8, 4) is 0 Å². The molecule has 0 saturated carbocycles. The third-order valence-corrected chi connectivity index (χ3v) is 4.37. The molecule has 1 amide bonds. The Labute approximate surface area is 119 Å². The van der Waals surface area contributed by atoms with Crippen LogP contribution in [0.25, 0.3) is 0 Å². The molecule has 0 radical (unpaired) electrons. The largest absolute Gasteiger partial charge is 0.480 e. The zero-order valence-electron chi connectivity index (χ0n) is 12.2. The normalized spacial score (nSPS) is 14.8. The minimum absolute atomic E-state index is 0.0632. The number of carboxylic acid groups (broad SMARTS) is 1. The number of hydrogen-bond acceptors (Lipinski definition) is 4. The minimum Gasteiger partial charge on any atom is -0.480 e. The van der Waals surface area contributed by atoms with Crippen LogP contribution in [0.5, 0.6) is 0 Å². The molecule has 4 N–H and O–H groups in total. The van der Waals surface area contributed by atoms with Crippen LogP contribution < -0.4 is 11.1 Å². The van der Waals surface area contributed by atoms with Crippen LogP contribution in [0.1, 0.15) is 47.0 Å². The van der Waals surface area contributed by atoms with Crippen molar-refractivity contribution in [2.45, 2.75) is 63.0 Å². The van der Waals surface area contributed by atoms with Crippen molar-refractivity contribution in [2.24, 2.45) is 5.73 Å². The van der Waals surface area contributed by atoms with Crippen molar-refractivity contribution in [3.63, 3.8) is 0 Å². The maximum atomic E-state index is 11.9. The van der Waals surface area contributed by atoms with Crippen LogP contribution in [-0.2, 0) is 9.59 Å². The summed E-state index contributed by atoms with van der Waals surface area (Å²) in [5.74, 6) is -1.11. The molecule has 0 bridgehead atoms. The zero-order chi connectivity index (χ0) is 15.1. The fourth-order valence-electron chi connectivity index (χ4n) is 1.61. The van der Waals surface area contributed by atoms with Crippen LogP contribution in [0.2, 0.25) is 0 Å². The highest BCUT2D eigenvalue weighted by Gasteiger charge is 2.35. The fraction of sp³-hybridized carbons (Fsp3) is 0.846. The molecule has 112 valence electrons. The molecule has 2 atom stereocenters. The molecule has 1 unspecified atom stereocenters. The van der Waals surface area contributed by atoms with E-state index in [1.54, 1.807) is 20.8 Å². The van der Waals surface area contributed by atoms with Crippen molar-refractivity contribution in [1.29, 1.82) is 0 Å². The van der Waals surface area contributed by atoms with Crippen molar-refractivity contribution < 1.29 is 14.7 Å². The number of carbonyl (C=O) groups excluding carboxylic acids is 1. The summed E-state index contributed by atoms with van der Waals surface area (Å²) >= 11 is 1.29. The Bertz CT molecular complexity index is 308. The van der Waals surface area contributed by atoms with Gasteiger partial charge in [0.05, 0.1) is 5.25 Å². The smallest absolute Gasteiger partial charge is 0.321 e. The second-order valence-electron chi connectivity index (χ2n) is 5.18. The lowest BCUT2D eigenvalue weighted by Gasteiger charge is -2.30. The van der Waals surface area contributed by atoms with Gasteiger partial charge < -0.3 is 16.2 Å². The molecule has 0 aliphatic rings. The van der Waals surface area contributed by atoms with Gasteiger partial charge in [0.25, 0.3) is 0 Å². The third kappa shape index (κ3) is 6.82. The molecule has 0 aliphatic carbocycles. The van der Waals surface area contributed by atoms with Crippen LogP contribution in [0.3, 0.4) is 0 Å². The number of amides is 1. The molecule has 19 heavy (non-hydrogen) atoms. The second-order valence-corrected chi connectivity index (χ2v) is 7.17. The van der Waals surface area contributed by atoms with Crippen molar-refractivity contribution >= 4 is 23.6 Å². The van der Waals surface area contributed by atoms with E-state index in [0.717, 1.165) is 19.3 Å². The lowest BCUT2D eigenvalue weighted by atomic mass is 10.1. The third-order valence-electron chi connectivity index (χ3n) is 2.94. The number of carbonyl (C=O) groups is 2. The molecular weight excluding hydrogens is 264 g/mol. The quantitative estimate of drug-likeness (QED) is 0.561. The molecule has 0 aromatic rings. The van der Waals surface area contributed by atoms with Crippen molar-refractivity contribution in [1.82, 2.24) is 5.32 Å². The molecule has 0 aromatic carbocycles. The Morgan fingerprint density at radius 2 is 1.95 bits per heavy atom. The summed E-state index contributed by atoms with van der Waals surface area (Å²) in [5.41, 5.74) is 5.63. The Morgan fingerprint density at radius 1 is 1.37 bits per heavy atom. The second kappa shape index (κ2) is 8.43. The predicted molar refractivity (Wildman–Crippen MR) is 79.3 cm³/mol. The average molecular weight is 290 g/mol. The summed E-state index contributed by atoms with van der Waals surface area (Å²) in [4.78, 5) is 22.8. The number of rotatable bonds is 9. The number of nitrogens with two attached hydrogens (primary N) is 1. The van der Waals surface area contributed by atoms with Gasteiger partial charge in [-0.3, -0.25) is 9.59 Å². The summed E-state index contributed by atoms with van der Waals surface area (Å²) < 4.78 is -0.688. The molecule has 0 fully saturated rings. The van der Waals surface area contributed by atoms with Crippen LogP contribution in [0, 0.1) is 0 Å². The van der Waals surface area contributed by atoms with E-state index in [-0.39, 0.29) is 11.2 Å². The number of thioether (sulfide) groups is 1. The van der Waals surface area contributed by atoms with E-state index in [0.29, 0.717) is 6.54 Å². The highest BCUT2D eigenvalue weighted by Crippen LogP contribution is 2.31. The summed E-state index contributed by atoms with van der Waals surface area (Å²) in [6, 6.07) is -0.993. The van der Waals surface area contributed by atoms with E-state index in [2.05, 4.69) is 12.2 Å². The van der Waals surface area contributed by atoms with Gasteiger partial charge >= 0.3 is 5.97 Å². The first kappa shape index (κ1) is 18.2. The number of carboxylic acids is 1. The maximum absolute atomic E-state index is 11.9. The van der Waals surface area contributed by atoms with Crippen LogP contribution in [0.15, 0.2) is 0 Å². The Balaban J connectivity index is 4.23. The number of aliphatic carboxylic acids is 1. The molecule has 0 aliphatic heterocycles. The van der Waals surface area contributed by atoms with Gasteiger partial charge in [-0.1, -0.05) is 19.8 Å². The topological polar surface area (TPSA) is 92.4 Å².